The van der Waals surface area contributed by atoms with Crippen molar-refractivity contribution in [2.45, 2.75) is 38.5 Å². The monoisotopic (exact) mass is 172 g/mol. The van der Waals surface area contributed by atoms with Crippen LogP contribution in [0.4, 0.5) is 0 Å². The lowest BCUT2D eigenvalue weighted by Crippen LogP contribution is -2.26. The van der Waals surface area contributed by atoms with Gasteiger partial charge < -0.3 is 0 Å². The van der Waals surface area contributed by atoms with Gasteiger partial charge in [-0.25, -0.2) is 0 Å². The average molecular weight is 172 g/mol. The lowest BCUT2D eigenvalue weighted by Gasteiger charge is -2.34. The van der Waals surface area contributed by atoms with Crippen LogP contribution in [0.3, 0.4) is 0 Å². The van der Waals surface area contributed by atoms with Crippen LogP contribution in [0, 0.1) is 6.42 Å². The predicted octanol–water partition coefficient (Wildman–Crippen LogP) is 3.38. The Morgan fingerprint density at radius 2 is 2.08 bits per heavy atom. The third-order valence-corrected chi connectivity index (χ3v) is 3.29. The van der Waals surface area contributed by atoms with Crippen LogP contribution in [0.1, 0.15) is 37.8 Å². The second-order valence-corrected chi connectivity index (χ2v) is 4.09. The van der Waals surface area contributed by atoms with E-state index in [2.05, 4.69) is 44.5 Å². The lowest BCUT2D eigenvalue weighted by atomic mass is 9.70. The maximum Gasteiger partial charge on any atom is -0.000721 e. The maximum absolute atomic E-state index is 3.44. The summed E-state index contributed by atoms with van der Waals surface area (Å²) < 4.78 is 0. The molecule has 1 unspecified atom stereocenters. The highest BCUT2D eigenvalue weighted by Gasteiger charge is 2.29. The van der Waals surface area contributed by atoms with Crippen LogP contribution < -0.4 is 0 Å². The van der Waals surface area contributed by atoms with Crippen LogP contribution in [0.2, 0.25) is 0 Å². The van der Waals surface area contributed by atoms with Crippen molar-refractivity contribution in [3.8, 4) is 0 Å². The summed E-state index contributed by atoms with van der Waals surface area (Å²) in [4.78, 5) is 0. The van der Waals surface area contributed by atoms with Crippen molar-refractivity contribution in [1.29, 1.82) is 0 Å². The summed E-state index contributed by atoms with van der Waals surface area (Å²) in [6, 6.07) is 8.79. The number of hydrogen-bond donors (Lipinski definition) is 0. The lowest BCUT2D eigenvalue weighted by molar-refractivity contribution is 0.451. The Labute approximate surface area is 81.0 Å². The van der Waals surface area contributed by atoms with Crippen LogP contribution in [0.25, 0.3) is 0 Å². The van der Waals surface area contributed by atoms with Gasteiger partial charge in [0.25, 0.3) is 0 Å². The molecule has 2 radical (unpaired) electrons. The first-order valence-electron chi connectivity index (χ1n) is 5.03. The molecule has 0 fully saturated rings. The van der Waals surface area contributed by atoms with Crippen molar-refractivity contribution in [1.82, 2.24) is 0 Å². The van der Waals surface area contributed by atoms with Crippen molar-refractivity contribution < 1.29 is 0 Å². The molecule has 0 aromatic heterocycles. The highest BCUT2D eigenvalue weighted by Crippen LogP contribution is 2.38. The Balaban J connectivity index is 2.48. The van der Waals surface area contributed by atoms with Gasteiger partial charge >= 0.3 is 0 Å². The molecular weight excluding hydrogens is 156 g/mol. The second-order valence-electron chi connectivity index (χ2n) is 4.09. The fourth-order valence-corrected chi connectivity index (χ4v) is 2.30. The number of fused-ring (bicyclic) bond motifs is 1. The number of rotatable bonds is 1. The first-order valence-corrected chi connectivity index (χ1v) is 5.03. The minimum absolute atomic E-state index is 0.203. The molecule has 1 aromatic carbocycles. The first-order chi connectivity index (χ1) is 6.26. The molecule has 68 valence electrons. The normalized spacial score (nSPS) is 26.9. The molecule has 0 saturated heterocycles. The molecule has 2 rings (SSSR count). The van der Waals surface area contributed by atoms with E-state index < -0.39 is 0 Å². The molecule has 1 aromatic rings. The van der Waals surface area contributed by atoms with Crippen LogP contribution in [-0.2, 0) is 11.8 Å². The summed E-state index contributed by atoms with van der Waals surface area (Å²) in [6.07, 6.45) is 7.23. The summed E-state index contributed by atoms with van der Waals surface area (Å²) in [5.74, 6) is 0. The van der Waals surface area contributed by atoms with E-state index in [0.29, 0.717) is 0 Å². The van der Waals surface area contributed by atoms with Gasteiger partial charge in [0.15, 0.2) is 0 Å². The highest BCUT2D eigenvalue weighted by atomic mass is 14.3. The van der Waals surface area contributed by atoms with Crippen molar-refractivity contribution >= 4 is 0 Å². The van der Waals surface area contributed by atoms with Crippen LogP contribution in [-0.4, -0.2) is 0 Å². The maximum atomic E-state index is 3.44. The van der Waals surface area contributed by atoms with E-state index in [1.165, 1.54) is 30.4 Å². The van der Waals surface area contributed by atoms with Gasteiger partial charge in [-0.2, -0.15) is 0 Å². The fourth-order valence-electron chi connectivity index (χ4n) is 2.30. The molecule has 0 heteroatoms. The summed E-state index contributed by atoms with van der Waals surface area (Å²) >= 11 is 0. The Bertz CT molecular complexity index is 301. The summed E-state index contributed by atoms with van der Waals surface area (Å²) in [7, 11) is 0. The van der Waals surface area contributed by atoms with Gasteiger partial charge in [-0.3, -0.25) is 0 Å². The zero-order chi connectivity index (χ0) is 9.31. The molecule has 0 bridgehead atoms. The molecule has 0 nitrogen and oxygen atoms in total. The van der Waals surface area contributed by atoms with E-state index in [0.717, 1.165) is 0 Å². The van der Waals surface area contributed by atoms with E-state index in [1.807, 2.05) is 0 Å². The molecule has 0 N–H and O–H groups in total. The Kier molecular flexibility index (Phi) is 2.15. The van der Waals surface area contributed by atoms with Crippen LogP contribution in [0.5, 0.6) is 0 Å². The van der Waals surface area contributed by atoms with Gasteiger partial charge in [-0.15, -0.1) is 0 Å². The molecule has 1 aliphatic rings. The largest absolute Gasteiger partial charge is 0.0620 e. The fraction of sp³-hybridized carbons (Fsp3) is 0.462. The number of benzene rings is 1. The Morgan fingerprint density at radius 3 is 2.85 bits per heavy atom. The molecule has 13 heavy (non-hydrogen) atoms. The van der Waals surface area contributed by atoms with E-state index in [9.17, 15) is 0 Å². The highest BCUT2D eigenvalue weighted by molar-refractivity contribution is 5.38. The number of hydrogen-bond acceptors (Lipinski definition) is 0. The average Bonchev–Trinajstić information content (AvgIpc) is 2.19. The van der Waals surface area contributed by atoms with Crippen molar-refractivity contribution in [3.05, 3.63) is 41.8 Å². The van der Waals surface area contributed by atoms with E-state index in [1.54, 1.807) is 0 Å². The molecule has 1 atom stereocenters. The van der Waals surface area contributed by atoms with Crippen molar-refractivity contribution in [2.75, 3.05) is 0 Å². The van der Waals surface area contributed by atoms with Crippen LogP contribution >= 0.6 is 0 Å². The first kappa shape index (κ1) is 8.80. The summed E-state index contributed by atoms with van der Waals surface area (Å²) in [5, 5.41) is 0. The third kappa shape index (κ3) is 1.39. The molecule has 0 saturated carbocycles. The second kappa shape index (κ2) is 3.17. The quantitative estimate of drug-likeness (QED) is 0.609. The van der Waals surface area contributed by atoms with Crippen LogP contribution in [0.15, 0.2) is 24.3 Å². The molecule has 0 aliphatic heterocycles. The Morgan fingerprint density at radius 1 is 1.31 bits per heavy atom. The van der Waals surface area contributed by atoms with Gasteiger partial charge in [-0.1, -0.05) is 38.1 Å². The summed E-state index contributed by atoms with van der Waals surface area (Å²) in [5.41, 5.74) is 3.21. The smallest absolute Gasteiger partial charge is 0.000721 e. The Hall–Kier alpha value is -0.780. The van der Waals surface area contributed by atoms with Crippen molar-refractivity contribution in [3.63, 3.8) is 0 Å². The number of aryl methyl sites for hydroxylation is 1. The molecule has 0 spiro atoms. The zero-order valence-electron chi connectivity index (χ0n) is 8.43. The standard InChI is InChI=1S/C13H16/c1-3-13(2)10-6-8-11-7-4-5-9-12(11)13/h4-5,7,9H,6,8,10H2,1-2H3. The van der Waals surface area contributed by atoms with Gasteiger partial charge in [0, 0.05) is 0 Å². The van der Waals surface area contributed by atoms with Gasteiger partial charge in [0.05, 0.1) is 0 Å². The molecule has 0 amide bonds. The van der Waals surface area contributed by atoms with Gasteiger partial charge in [0.2, 0.25) is 0 Å². The molecule has 0 heterocycles. The minimum atomic E-state index is 0.203. The molecule has 1 aliphatic carbocycles. The third-order valence-electron chi connectivity index (χ3n) is 3.29. The van der Waals surface area contributed by atoms with Gasteiger partial charge in [0.1, 0.15) is 0 Å². The minimum Gasteiger partial charge on any atom is -0.0620 e. The molecular formula is C13H16. The summed E-state index contributed by atoms with van der Waals surface area (Å²) in [6.45, 7) is 4.35. The SMILES string of the molecule is C[C]C1(C)CCCc2ccccc21. The topological polar surface area (TPSA) is 0 Å². The van der Waals surface area contributed by atoms with E-state index in [4.69, 9.17) is 0 Å². The van der Waals surface area contributed by atoms with Crippen molar-refractivity contribution in [2.24, 2.45) is 0 Å². The zero-order valence-corrected chi connectivity index (χ0v) is 8.43. The predicted molar refractivity (Wildman–Crippen MR) is 55.6 cm³/mol. The van der Waals surface area contributed by atoms with Gasteiger partial charge in [-0.05, 0) is 42.2 Å². The van der Waals surface area contributed by atoms with E-state index in [-0.39, 0.29) is 5.41 Å². The van der Waals surface area contributed by atoms with E-state index >= 15 is 0 Å².